The first kappa shape index (κ1) is 27.7. The lowest BCUT2D eigenvalue weighted by Crippen LogP contribution is -2.31. The zero-order valence-electron chi connectivity index (χ0n) is 20.2. The van der Waals surface area contributed by atoms with Gasteiger partial charge in [-0.05, 0) is 80.3 Å². The molecule has 0 unspecified atom stereocenters. The Hall–Kier alpha value is -3.32. The van der Waals surface area contributed by atoms with Gasteiger partial charge < -0.3 is 4.90 Å². The largest absolute Gasteiger partial charge is 0.416 e. The minimum Gasteiger partial charge on any atom is -0.309 e. The second-order valence-corrected chi connectivity index (χ2v) is 9.97. The van der Waals surface area contributed by atoms with Crippen LogP contribution in [-0.2, 0) is 23.7 Å². The smallest absolute Gasteiger partial charge is 0.309 e. The van der Waals surface area contributed by atoms with E-state index in [2.05, 4.69) is 5.10 Å². The maximum absolute atomic E-state index is 13.5. The molecule has 13 heteroatoms. The van der Waals surface area contributed by atoms with E-state index in [1.54, 1.807) is 24.3 Å². The van der Waals surface area contributed by atoms with Crippen LogP contribution in [0.15, 0.2) is 47.5 Å². The summed E-state index contributed by atoms with van der Waals surface area (Å²) in [6.07, 6.45) is -6.28. The Balaban J connectivity index is 1.57. The number of halogens is 6. The van der Waals surface area contributed by atoms with Crippen molar-refractivity contribution in [3.63, 3.8) is 0 Å². The highest BCUT2D eigenvalue weighted by molar-refractivity contribution is 8.18. The number of hydrogen-bond donors (Lipinski definition) is 0. The fraction of sp³-hybridized carbons (Fsp3) is 0.320. The molecule has 0 spiro atoms. The quantitative estimate of drug-likeness (QED) is 0.260. The summed E-state index contributed by atoms with van der Waals surface area (Å²) in [5, 5.41) is 4.30. The highest BCUT2D eigenvalue weighted by Crippen LogP contribution is 2.38. The Kier molecular flexibility index (Phi) is 7.62. The van der Waals surface area contributed by atoms with E-state index in [9.17, 15) is 35.9 Å². The van der Waals surface area contributed by atoms with Crippen LogP contribution in [-0.4, -0.2) is 57.9 Å². The van der Waals surface area contributed by atoms with Crippen LogP contribution in [0, 0.1) is 0 Å². The summed E-state index contributed by atoms with van der Waals surface area (Å²) < 4.78 is 80.8. The van der Waals surface area contributed by atoms with Crippen molar-refractivity contribution in [2.75, 3.05) is 27.2 Å². The van der Waals surface area contributed by atoms with Crippen LogP contribution >= 0.6 is 11.8 Å². The molecule has 1 aliphatic heterocycles. The molecular formula is C25H22F6N4O2S. The van der Waals surface area contributed by atoms with Crippen molar-refractivity contribution in [1.29, 1.82) is 0 Å². The van der Waals surface area contributed by atoms with E-state index in [0.717, 1.165) is 24.4 Å². The Labute approximate surface area is 217 Å². The molecule has 0 atom stereocenters. The van der Waals surface area contributed by atoms with Gasteiger partial charge in [0.25, 0.3) is 11.1 Å². The molecule has 1 fully saturated rings. The third-order valence-electron chi connectivity index (χ3n) is 5.89. The number of thioether (sulfide) groups is 1. The Morgan fingerprint density at radius 2 is 1.74 bits per heavy atom. The molecule has 0 bridgehead atoms. The van der Waals surface area contributed by atoms with Gasteiger partial charge in [-0.3, -0.25) is 19.2 Å². The number of benzene rings is 2. The van der Waals surface area contributed by atoms with E-state index in [-0.39, 0.29) is 21.8 Å². The van der Waals surface area contributed by atoms with Crippen molar-refractivity contribution in [2.24, 2.45) is 0 Å². The van der Waals surface area contributed by atoms with Crippen LogP contribution < -0.4 is 0 Å². The number of carbonyl (C=O) groups is 2. The zero-order chi connectivity index (χ0) is 27.8. The monoisotopic (exact) mass is 556 g/mol. The lowest BCUT2D eigenvalue weighted by molar-refractivity contribution is -0.143. The number of nitrogens with zero attached hydrogens (tertiary/aromatic N) is 4. The van der Waals surface area contributed by atoms with Crippen LogP contribution in [0.3, 0.4) is 0 Å². The second-order valence-electron chi connectivity index (χ2n) is 8.98. The molecule has 1 aliphatic rings. The number of aromatic nitrogens is 2. The number of imide groups is 1. The van der Waals surface area contributed by atoms with Gasteiger partial charge >= 0.3 is 12.4 Å². The summed E-state index contributed by atoms with van der Waals surface area (Å²) in [4.78, 5) is 28.4. The van der Waals surface area contributed by atoms with Gasteiger partial charge in [-0.2, -0.15) is 31.4 Å². The normalized spacial score (nSPS) is 16.0. The van der Waals surface area contributed by atoms with E-state index >= 15 is 0 Å². The van der Waals surface area contributed by atoms with Gasteiger partial charge in [0.05, 0.1) is 34.3 Å². The Morgan fingerprint density at radius 3 is 2.39 bits per heavy atom. The topological polar surface area (TPSA) is 58.4 Å². The number of alkyl halides is 6. The van der Waals surface area contributed by atoms with E-state index < -0.39 is 35.9 Å². The van der Waals surface area contributed by atoms with Gasteiger partial charge in [0.2, 0.25) is 0 Å². The molecule has 1 saturated heterocycles. The van der Waals surface area contributed by atoms with Gasteiger partial charge in [-0.15, -0.1) is 0 Å². The van der Waals surface area contributed by atoms with Gasteiger partial charge in [0.15, 0.2) is 0 Å². The average molecular weight is 557 g/mol. The fourth-order valence-electron chi connectivity index (χ4n) is 4.03. The zero-order valence-corrected chi connectivity index (χ0v) is 21.0. The van der Waals surface area contributed by atoms with Crippen LogP contribution in [0.1, 0.15) is 28.7 Å². The third kappa shape index (κ3) is 6.04. The lowest BCUT2D eigenvalue weighted by atomic mass is 10.0. The third-order valence-corrected chi connectivity index (χ3v) is 6.79. The standard InChI is InChI=1S/C25H22F6N4O2S/c1-33(2)8-3-9-34-22(36)21(38-23(34)37)11-15-4-7-20-17(10-15)13-32-35(20)14-16-5-6-18(24(26,27)28)12-19(16)25(29,30)31/h4-7,10-13H,3,8-9,14H2,1-2H3. The summed E-state index contributed by atoms with van der Waals surface area (Å²) in [5.74, 6) is -0.392. The molecule has 4 rings (SSSR count). The second kappa shape index (κ2) is 10.4. The summed E-state index contributed by atoms with van der Waals surface area (Å²) in [5.41, 5.74) is -2.09. The molecule has 202 valence electrons. The van der Waals surface area contributed by atoms with Crippen LogP contribution in [0.5, 0.6) is 0 Å². The van der Waals surface area contributed by atoms with Crippen molar-refractivity contribution >= 4 is 39.9 Å². The Bertz CT molecular complexity index is 1410. The fourth-order valence-corrected chi connectivity index (χ4v) is 4.89. The summed E-state index contributed by atoms with van der Waals surface area (Å²) >= 11 is 0.832. The maximum Gasteiger partial charge on any atom is 0.416 e. The van der Waals surface area contributed by atoms with E-state index in [0.29, 0.717) is 35.5 Å². The summed E-state index contributed by atoms with van der Waals surface area (Å²) in [7, 11) is 3.79. The minimum absolute atomic E-state index is 0.104. The van der Waals surface area contributed by atoms with Gasteiger partial charge in [0, 0.05) is 11.9 Å². The van der Waals surface area contributed by atoms with Gasteiger partial charge in [0.1, 0.15) is 0 Å². The first-order valence-electron chi connectivity index (χ1n) is 11.4. The number of hydrogen-bond acceptors (Lipinski definition) is 5. The molecule has 0 N–H and O–H groups in total. The van der Waals surface area contributed by atoms with E-state index in [4.69, 9.17) is 0 Å². The molecule has 0 radical (unpaired) electrons. The van der Waals surface area contributed by atoms with Crippen molar-refractivity contribution in [2.45, 2.75) is 25.3 Å². The van der Waals surface area contributed by atoms with Crippen LogP contribution in [0.25, 0.3) is 17.0 Å². The highest BCUT2D eigenvalue weighted by Gasteiger charge is 2.38. The van der Waals surface area contributed by atoms with Gasteiger partial charge in [-0.1, -0.05) is 12.1 Å². The molecule has 6 nitrogen and oxygen atoms in total. The molecule has 38 heavy (non-hydrogen) atoms. The predicted octanol–water partition coefficient (Wildman–Crippen LogP) is 6.11. The molecule has 0 aliphatic carbocycles. The number of fused-ring (bicyclic) bond motifs is 1. The number of rotatable bonds is 7. The molecule has 0 saturated carbocycles. The lowest BCUT2D eigenvalue weighted by Gasteiger charge is -2.16. The van der Waals surface area contributed by atoms with Crippen LogP contribution in [0.4, 0.5) is 31.1 Å². The molecule has 2 aromatic carbocycles. The van der Waals surface area contributed by atoms with E-state index in [1.165, 1.54) is 15.8 Å². The minimum atomic E-state index is -4.98. The first-order valence-corrected chi connectivity index (χ1v) is 12.2. The van der Waals surface area contributed by atoms with Crippen molar-refractivity contribution in [1.82, 2.24) is 19.6 Å². The summed E-state index contributed by atoms with van der Waals surface area (Å²) in [6, 6.07) is 6.40. The van der Waals surface area contributed by atoms with Gasteiger partial charge in [-0.25, -0.2) is 0 Å². The molecule has 1 aromatic heterocycles. The molecule has 3 aromatic rings. The van der Waals surface area contributed by atoms with Crippen molar-refractivity contribution < 1.29 is 35.9 Å². The predicted molar refractivity (Wildman–Crippen MR) is 131 cm³/mol. The first-order chi connectivity index (χ1) is 17.7. The average Bonchev–Trinajstić information content (AvgIpc) is 3.32. The number of amides is 2. The number of carbonyl (C=O) groups excluding carboxylic acids is 2. The summed E-state index contributed by atoms with van der Waals surface area (Å²) in [6.45, 7) is 0.621. The van der Waals surface area contributed by atoms with Crippen molar-refractivity contribution in [3.05, 3.63) is 69.8 Å². The Morgan fingerprint density at radius 1 is 1.00 bits per heavy atom. The van der Waals surface area contributed by atoms with E-state index in [1.807, 2.05) is 19.0 Å². The van der Waals surface area contributed by atoms with Crippen molar-refractivity contribution in [3.8, 4) is 0 Å². The van der Waals surface area contributed by atoms with Crippen LogP contribution in [0.2, 0.25) is 0 Å². The molecule has 2 heterocycles. The molecule has 2 amide bonds. The highest BCUT2D eigenvalue weighted by atomic mass is 32.2. The maximum atomic E-state index is 13.5. The SMILES string of the molecule is CN(C)CCCN1C(=O)SC(=Cc2ccc3c(cnn3Cc3ccc(C(F)(F)F)cc3C(F)(F)F)c2)C1=O. The molecular weight excluding hydrogens is 534 g/mol.